The molecule has 0 aromatic rings. The number of hydrazone groups is 2. The van der Waals surface area contributed by atoms with Gasteiger partial charge in [0.2, 0.25) is 0 Å². The van der Waals surface area contributed by atoms with Crippen LogP contribution in [0.2, 0.25) is 0 Å². The maximum atomic E-state index is 11.9. The van der Waals surface area contributed by atoms with Gasteiger partial charge < -0.3 is 9.80 Å². The smallest absolute Gasteiger partial charge is 0.300 e. The molecule has 8 heteroatoms. The van der Waals surface area contributed by atoms with Crippen molar-refractivity contribution < 1.29 is 9.59 Å². The lowest BCUT2D eigenvalue weighted by molar-refractivity contribution is -0.139. The van der Waals surface area contributed by atoms with Crippen molar-refractivity contribution in [2.75, 3.05) is 26.2 Å². The largest absolute Gasteiger partial charge is 0.331 e. The molecule has 2 heterocycles. The Morgan fingerprint density at radius 3 is 1.31 bits per heavy atom. The number of carbonyl (C=O) groups is 2. The minimum atomic E-state index is -0.771. The molecule has 0 atom stereocenters. The van der Waals surface area contributed by atoms with Gasteiger partial charge >= 0.3 is 11.8 Å². The number of rotatable bonds is 4. The Hall–Kier alpha value is -1.80. The van der Waals surface area contributed by atoms with Gasteiger partial charge in [0.15, 0.2) is 0 Å². The zero-order chi connectivity index (χ0) is 19.1. The van der Waals surface area contributed by atoms with Crippen LogP contribution in [0.5, 0.6) is 0 Å². The van der Waals surface area contributed by atoms with E-state index in [1.165, 1.54) is 0 Å². The van der Waals surface area contributed by atoms with Crippen LogP contribution in [0.3, 0.4) is 0 Å². The van der Waals surface area contributed by atoms with Gasteiger partial charge in [0.05, 0.1) is 0 Å². The highest BCUT2D eigenvalue weighted by molar-refractivity contribution is 6.35. The molecule has 26 heavy (non-hydrogen) atoms. The molecule has 0 radical (unpaired) electrons. The van der Waals surface area contributed by atoms with E-state index in [-0.39, 0.29) is 0 Å². The van der Waals surface area contributed by atoms with E-state index < -0.39 is 11.8 Å². The number of hydrogen-bond acceptors (Lipinski definition) is 6. The van der Waals surface area contributed by atoms with Crippen LogP contribution in [-0.2, 0) is 9.59 Å². The highest BCUT2D eigenvalue weighted by atomic mass is 16.2. The lowest BCUT2D eigenvalue weighted by Gasteiger charge is -2.30. The summed E-state index contributed by atoms with van der Waals surface area (Å²) in [6.07, 6.45) is 3.26. The van der Waals surface area contributed by atoms with Gasteiger partial charge in [-0.3, -0.25) is 9.59 Å². The molecule has 0 unspecified atom stereocenters. The second-order valence-electron chi connectivity index (χ2n) is 7.50. The molecule has 8 nitrogen and oxygen atoms in total. The third-order valence-electron chi connectivity index (χ3n) is 5.05. The summed E-state index contributed by atoms with van der Waals surface area (Å²) in [7, 11) is 0. The molecule has 2 fully saturated rings. The van der Waals surface area contributed by atoms with Gasteiger partial charge in [0.25, 0.3) is 0 Å². The summed E-state index contributed by atoms with van der Waals surface area (Å²) in [4.78, 5) is 28.4. The van der Waals surface area contributed by atoms with E-state index in [1.807, 2.05) is 0 Å². The zero-order valence-electron chi connectivity index (χ0n) is 16.4. The normalized spacial score (nSPS) is 19.6. The summed E-state index contributed by atoms with van der Waals surface area (Å²) in [5.74, 6) is -1.54. The molecule has 0 aromatic heterocycles. The fourth-order valence-electron chi connectivity index (χ4n) is 3.18. The predicted molar refractivity (Wildman–Crippen MR) is 103 cm³/mol. The molecule has 0 bridgehead atoms. The van der Waals surface area contributed by atoms with Crippen molar-refractivity contribution in [3.05, 3.63) is 0 Å². The van der Waals surface area contributed by atoms with Crippen LogP contribution in [0.25, 0.3) is 0 Å². The Labute approximate surface area is 156 Å². The molecule has 2 aliphatic heterocycles. The van der Waals surface area contributed by atoms with E-state index in [0.717, 1.165) is 63.3 Å². The first-order valence-corrected chi connectivity index (χ1v) is 9.56. The molecule has 2 N–H and O–H groups in total. The molecule has 0 aliphatic carbocycles. The lowest BCUT2D eigenvalue weighted by atomic mass is 10.1. The molecule has 0 aromatic carbocycles. The first-order valence-electron chi connectivity index (χ1n) is 9.56. The van der Waals surface area contributed by atoms with E-state index in [9.17, 15) is 9.59 Å². The van der Waals surface area contributed by atoms with Crippen LogP contribution in [0, 0.1) is 0 Å². The minimum Gasteiger partial charge on any atom is -0.300 e. The van der Waals surface area contributed by atoms with Gasteiger partial charge in [-0.1, -0.05) is 0 Å². The molecule has 2 amide bonds. The summed E-state index contributed by atoms with van der Waals surface area (Å²) in [6, 6.07) is 1.03. The molecule has 0 saturated carbocycles. The highest BCUT2D eigenvalue weighted by Gasteiger charge is 2.20. The predicted octanol–water partition coefficient (Wildman–Crippen LogP) is 0.939. The third kappa shape index (κ3) is 6.17. The van der Waals surface area contributed by atoms with E-state index >= 15 is 0 Å². The number of carbonyl (C=O) groups excluding carboxylic acids is 2. The maximum Gasteiger partial charge on any atom is 0.331 e. The monoisotopic (exact) mass is 364 g/mol. The fraction of sp³-hybridized carbons (Fsp3) is 0.778. The molecular formula is C18H32N6O2. The quantitative estimate of drug-likeness (QED) is 0.574. The van der Waals surface area contributed by atoms with Crippen LogP contribution in [0.4, 0.5) is 0 Å². The summed E-state index contributed by atoms with van der Waals surface area (Å²) < 4.78 is 0. The van der Waals surface area contributed by atoms with Crippen molar-refractivity contribution in [1.29, 1.82) is 0 Å². The third-order valence-corrected chi connectivity index (χ3v) is 5.05. The highest BCUT2D eigenvalue weighted by Crippen LogP contribution is 2.11. The van der Waals surface area contributed by atoms with E-state index in [1.54, 1.807) is 0 Å². The second kappa shape index (κ2) is 9.78. The molecule has 2 saturated heterocycles. The van der Waals surface area contributed by atoms with Gasteiger partial charge in [0, 0.05) is 75.4 Å². The molecule has 146 valence electrons. The number of likely N-dealkylation sites (tertiary alicyclic amines) is 2. The van der Waals surface area contributed by atoms with Crippen molar-refractivity contribution in [3.8, 4) is 0 Å². The van der Waals surface area contributed by atoms with Gasteiger partial charge in [-0.05, 0) is 27.7 Å². The SMILES string of the molecule is CC(C)N1CCC(=NNC(=O)C(=O)NN=C2CCN(C(C)C)CC2)CC1. The number of piperidine rings is 2. The van der Waals surface area contributed by atoms with Crippen molar-refractivity contribution in [2.24, 2.45) is 10.2 Å². The van der Waals surface area contributed by atoms with Crippen LogP contribution >= 0.6 is 0 Å². The van der Waals surface area contributed by atoms with Crippen LogP contribution < -0.4 is 10.9 Å². The van der Waals surface area contributed by atoms with Crippen LogP contribution in [0.15, 0.2) is 10.2 Å². The molecule has 0 spiro atoms. The van der Waals surface area contributed by atoms with E-state index in [2.05, 4.69) is 58.5 Å². The van der Waals surface area contributed by atoms with E-state index in [0.29, 0.717) is 12.1 Å². The van der Waals surface area contributed by atoms with Crippen molar-refractivity contribution in [3.63, 3.8) is 0 Å². The molecular weight excluding hydrogens is 332 g/mol. The Morgan fingerprint density at radius 1 is 0.731 bits per heavy atom. The molecule has 2 aliphatic rings. The number of nitrogens with zero attached hydrogens (tertiary/aromatic N) is 4. The lowest BCUT2D eigenvalue weighted by Crippen LogP contribution is -2.41. The average molecular weight is 364 g/mol. The topological polar surface area (TPSA) is 89.4 Å². The summed E-state index contributed by atoms with van der Waals surface area (Å²) >= 11 is 0. The Balaban J connectivity index is 1.72. The van der Waals surface area contributed by atoms with Gasteiger partial charge in [-0.25, -0.2) is 10.9 Å². The average Bonchev–Trinajstić information content (AvgIpc) is 2.64. The zero-order valence-corrected chi connectivity index (χ0v) is 16.4. The van der Waals surface area contributed by atoms with Gasteiger partial charge in [-0.15, -0.1) is 0 Å². The Kier molecular flexibility index (Phi) is 7.71. The first kappa shape index (κ1) is 20.5. The summed E-state index contributed by atoms with van der Waals surface area (Å²) in [5, 5.41) is 8.19. The number of hydrogen-bond donors (Lipinski definition) is 2. The van der Waals surface area contributed by atoms with Crippen molar-refractivity contribution >= 4 is 23.2 Å². The minimum absolute atomic E-state index is 0.517. The maximum absolute atomic E-state index is 11.9. The summed E-state index contributed by atoms with van der Waals surface area (Å²) in [6.45, 7) is 12.4. The first-order chi connectivity index (χ1) is 12.4. The van der Waals surface area contributed by atoms with E-state index in [4.69, 9.17) is 0 Å². The Bertz CT molecular complexity index is 500. The van der Waals surface area contributed by atoms with Crippen molar-refractivity contribution in [1.82, 2.24) is 20.7 Å². The second-order valence-corrected chi connectivity index (χ2v) is 7.50. The Morgan fingerprint density at radius 2 is 1.04 bits per heavy atom. The number of nitrogens with one attached hydrogen (secondary N) is 2. The standard InChI is InChI=1S/C18H32N6O2/c1-13(2)23-9-5-15(6-10-23)19-21-17(25)18(26)22-20-16-7-11-24(12-8-16)14(3)4/h13-14H,5-12H2,1-4H3,(H,21,25)(H,22,26). The number of amides is 2. The van der Waals surface area contributed by atoms with Crippen LogP contribution in [0.1, 0.15) is 53.4 Å². The fourth-order valence-corrected chi connectivity index (χ4v) is 3.18. The summed E-state index contributed by atoms with van der Waals surface area (Å²) in [5.41, 5.74) is 6.55. The van der Waals surface area contributed by atoms with Crippen LogP contribution in [-0.4, -0.2) is 71.3 Å². The van der Waals surface area contributed by atoms with Crippen molar-refractivity contribution in [2.45, 2.75) is 65.5 Å². The van der Waals surface area contributed by atoms with Gasteiger partial charge in [-0.2, -0.15) is 10.2 Å². The molecule has 2 rings (SSSR count). The van der Waals surface area contributed by atoms with Gasteiger partial charge in [0.1, 0.15) is 0 Å².